The minimum atomic E-state index is -0.578. The van der Waals surface area contributed by atoms with E-state index in [2.05, 4.69) is 47.0 Å². The molecule has 2 unspecified atom stereocenters. The molecule has 2 amide bonds. The zero-order valence-electron chi connectivity index (χ0n) is 18.9. The van der Waals surface area contributed by atoms with E-state index in [1.165, 1.54) is 0 Å². The first-order valence-electron chi connectivity index (χ1n) is 10.9. The minimum absolute atomic E-state index is 0.107. The van der Waals surface area contributed by atoms with Crippen LogP contribution < -0.4 is 10.6 Å². The third-order valence-corrected chi connectivity index (χ3v) is 5.78. The van der Waals surface area contributed by atoms with Crippen LogP contribution in [0.25, 0.3) is 11.1 Å². The van der Waals surface area contributed by atoms with Crippen molar-refractivity contribution in [2.75, 3.05) is 21.1 Å². The second-order valence-electron chi connectivity index (χ2n) is 7.88. The molecule has 2 N–H and O–H groups in total. The van der Waals surface area contributed by atoms with Gasteiger partial charge in [0, 0.05) is 20.5 Å². The van der Waals surface area contributed by atoms with Gasteiger partial charge in [-0.2, -0.15) is 0 Å². The molecule has 2 atom stereocenters. The average Bonchev–Trinajstić information content (AvgIpc) is 2.86. The lowest BCUT2D eigenvalue weighted by atomic mass is 9.99. The first-order valence-corrected chi connectivity index (χ1v) is 10.9. The van der Waals surface area contributed by atoms with Crippen LogP contribution in [0.1, 0.15) is 11.1 Å². The maximum atomic E-state index is 13.3. The van der Waals surface area contributed by atoms with E-state index >= 15 is 0 Å². The Morgan fingerprint density at radius 3 is 1.84 bits per heavy atom. The van der Waals surface area contributed by atoms with Crippen LogP contribution in [0, 0.1) is 0 Å². The van der Waals surface area contributed by atoms with Gasteiger partial charge < -0.3 is 15.5 Å². The normalized spacial score (nSPS) is 12.6. The smallest absolute Gasteiger partial charge is 0.242 e. The van der Waals surface area contributed by atoms with Crippen LogP contribution in [0.3, 0.4) is 0 Å². The van der Waals surface area contributed by atoms with Gasteiger partial charge in [0.25, 0.3) is 0 Å². The van der Waals surface area contributed by atoms with Crippen molar-refractivity contribution < 1.29 is 9.59 Å². The molecular weight excluding hydrogens is 398 g/mol. The number of nitrogens with one attached hydrogen (secondary N) is 2. The van der Waals surface area contributed by atoms with Gasteiger partial charge in [0.1, 0.15) is 6.04 Å². The Labute approximate surface area is 190 Å². The first kappa shape index (κ1) is 23.2. The lowest BCUT2D eigenvalue weighted by molar-refractivity contribution is -0.140. The Morgan fingerprint density at radius 2 is 1.28 bits per heavy atom. The van der Waals surface area contributed by atoms with Crippen LogP contribution in [0.5, 0.6) is 0 Å². The Morgan fingerprint density at radius 1 is 0.750 bits per heavy atom. The van der Waals surface area contributed by atoms with Crippen LogP contribution in [-0.2, 0) is 22.4 Å². The molecule has 0 aromatic heterocycles. The number of likely N-dealkylation sites (N-methyl/N-ethyl adjacent to an activating group) is 3. The van der Waals surface area contributed by atoms with Gasteiger partial charge in [-0.25, -0.2) is 0 Å². The first-order chi connectivity index (χ1) is 15.5. The van der Waals surface area contributed by atoms with Crippen molar-refractivity contribution in [3.8, 4) is 11.1 Å². The number of carbonyl (C=O) groups is 2. The predicted molar refractivity (Wildman–Crippen MR) is 129 cm³/mol. The van der Waals surface area contributed by atoms with Gasteiger partial charge in [-0.15, -0.1) is 0 Å². The van der Waals surface area contributed by atoms with Gasteiger partial charge in [0.05, 0.1) is 6.04 Å². The molecule has 0 heterocycles. The third kappa shape index (κ3) is 5.83. The summed E-state index contributed by atoms with van der Waals surface area (Å²) in [6.45, 7) is 0. The Balaban J connectivity index is 1.72. The van der Waals surface area contributed by atoms with Crippen LogP contribution >= 0.6 is 0 Å². The molecule has 0 aliphatic rings. The molecule has 0 bridgehead atoms. The van der Waals surface area contributed by atoms with Gasteiger partial charge in [0.15, 0.2) is 0 Å². The van der Waals surface area contributed by atoms with Crippen molar-refractivity contribution in [3.05, 3.63) is 96.1 Å². The van der Waals surface area contributed by atoms with E-state index in [0.717, 1.165) is 22.3 Å². The van der Waals surface area contributed by atoms with Gasteiger partial charge in [0.2, 0.25) is 11.8 Å². The number of benzene rings is 3. The van der Waals surface area contributed by atoms with Crippen molar-refractivity contribution in [2.45, 2.75) is 24.9 Å². The van der Waals surface area contributed by atoms with E-state index in [-0.39, 0.29) is 11.8 Å². The SMILES string of the molecule is CNC(=O)C(Cc1ccccc1)N(C)C(=O)C(Cc1ccc(-c2ccccc2)cc1)NC. The molecule has 0 aliphatic carbocycles. The number of nitrogens with zero attached hydrogens (tertiary/aromatic N) is 1. The molecule has 0 fully saturated rings. The monoisotopic (exact) mass is 429 g/mol. The summed E-state index contributed by atoms with van der Waals surface area (Å²) >= 11 is 0. The van der Waals surface area contributed by atoms with Gasteiger partial charge in [-0.1, -0.05) is 84.9 Å². The van der Waals surface area contributed by atoms with E-state index in [4.69, 9.17) is 0 Å². The van der Waals surface area contributed by atoms with Gasteiger partial charge in [-0.3, -0.25) is 9.59 Å². The Hall–Kier alpha value is -3.44. The second kappa shape index (κ2) is 11.3. The molecule has 3 aromatic carbocycles. The van der Waals surface area contributed by atoms with Crippen molar-refractivity contribution in [2.24, 2.45) is 0 Å². The van der Waals surface area contributed by atoms with Crippen molar-refractivity contribution in [3.63, 3.8) is 0 Å². The Bertz CT molecular complexity index is 1000. The molecule has 0 aliphatic heterocycles. The van der Waals surface area contributed by atoms with E-state index in [1.54, 1.807) is 26.0 Å². The highest BCUT2D eigenvalue weighted by Crippen LogP contribution is 2.20. The molecule has 32 heavy (non-hydrogen) atoms. The van der Waals surface area contributed by atoms with Crippen LogP contribution in [-0.4, -0.2) is 49.9 Å². The number of amides is 2. The standard InChI is InChI=1S/C27H31N3O2/c1-28-24(18-21-14-16-23(17-15-21)22-12-8-5-9-13-22)27(32)30(3)25(26(31)29-2)19-20-10-6-4-7-11-20/h4-17,24-25,28H,18-19H2,1-3H3,(H,29,31). The second-order valence-corrected chi connectivity index (χ2v) is 7.88. The summed E-state index contributed by atoms with van der Waals surface area (Å²) in [7, 11) is 5.08. The lowest BCUT2D eigenvalue weighted by Gasteiger charge is -2.30. The van der Waals surface area contributed by atoms with Crippen molar-refractivity contribution in [1.29, 1.82) is 0 Å². The van der Waals surface area contributed by atoms with Crippen LogP contribution in [0.2, 0.25) is 0 Å². The molecule has 0 radical (unpaired) electrons. The molecule has 0 spiro atoms. The molecule has 3 rings (SSSR count). The van der Waals surface area contributed by atoms with Crippen molar-refractivity contribution >= 4 is 11.8 Å². The third-order valence-electron chi connectivity index (χ3n) is 5.78. The summed E-state index contributed by atoms with van der Waals surface area (Å²) in [6.07, 6.45) is 1.01. The quantitative estimate of drug-likeness (QED) is 0.549. The Kier molecular flexibility index (Phi) is 8.17. The van der Waals surface area contributed by atoms with Gasteiger partial charge >= 0.3 is 0 Å². The summed E-state index contributed by atoms with van der Waals surface area (Å²) in [5, 5.41) is 5.83. The maximum absolute atomic E-state index is 13.3. The number of hydrogen-bond donors (Lipinski definition) is 2. The largest absolute Gasteiger partial charge is 0.357 e. The average molecular weight is 430 g/mol. The minimum Gasteiger partial charge on any atom is -0.357 e. The number of carbonyl (C=O) groups excluding carboxylic acids is 2. The fraction of sp³-hybridized carbons (Fsp3) is 0.259. The molecule has 5 nitrogen and oxygen atoms in total. The maximum Gasteiger partial charge on any atom is 0.242 e. The lowest BCUT2D eigenvalue weighted by Crippen LogP contribution is -2.53. The van der Waals surface area contributed by atoms with E-state index in [1.807, 2.05) is 48.5 Å². The van der Waals surface area contributed by atoms with E-state index in [0.29, 0.717) is 12.8 Å². The predicted octanol–water partition coefficient (Wildman–Crippen LogP) is 3.30. The molecular formula is C27H31N3O2. The summed E-state index contributed by atoms with van der Waals surface area (Å²) < 4.78 is 0. The van der Waals surface area contributed by atoms with E-state index in [9.17, 15) is 9.59 Å². The topological polar surface area (TPSA) is 61.4 Å². The molecule has 0 saturated heterocycles. The summed E-state index contributed by atoms with van der Waals surface area (Å²) in [6, 6.07) is 27.2. The molecule has 0 saturated carbocycles. The van der Waals surface area contributed by atoms with Crippen LogP contribution in [0.4, 0.5) is 0 Å². The zero-order valence-corrected chi connectivity index (χ0v) is 18.9. The summed E-state index contributed by atoms with van der Waals surface area (Å²) in [5.74, 6) is -0.282. The molecule has 3 aromatic rings. The highest BCUT2D eigenvalue weighted by atomic mass is 16.2. The fourth-order valence-electron chi connectivity index (χ4n) is 3.82. The highest BCUT2D eigenvalue weighted by Gasteiger charge is 2.30. The molecule has 166 valence electrons. The van der Waals surface area contributed by atoms with Crippen molar-refractivity contribution in [1.82, 2.24) is 15.5 Å². The van der Waals surface area contributed by atoms with Gasteiger partial charge in [-0.05, 0) is 35.7 Å². The summed E-state index contributed by atoms with van der Waals surface area (Å²) in [4.78, 5) is 27.4. The summed E-state index contributed by atoms with van der Waals surface area (Å²) in [5.41, 5.74) is 4.37. The fourth-order valence-corrected chi connectivity index (χ4v) is 3.82. The zero-order chi connectivity index (χ0) is 22.9. The highest BCUT2D eigenvalue weighted by molar-refractivity contribution is 5.90. The number of hydrogen-bond acceptors (Lipinski definition) is 3. The molecule has 5 heteroatoms. The van der Waals surface area contributed by atoms with Crippen LogP contribution in [0.15, 0.2) is 84.9 Å². The van der Waals surface area contributed by atoms with E-state index < -0.39 is 12.1 Å². The number of rotatable bonds is 9.